The van der Waals surface area contributed by atoms with Crippen molar-refractivity contribution < 1.29 is 47.8 Å². The Morgan fingerprint density at radius 3 is 1.62 bits per heavy atom. The highest BCUT2D eigenvalue weighted by Crippen LogP contribution is 2.43. The second-order valence-corrected chi connectivity index (χ2v) is 14.1. The molecule has 0 rings (SSSR count). The Morgan fingerprint density at radius 2 is 1.08 bits per heavy atom. The first kappa shape index (κ1) is 46.5. The summed E-state index contributed by atoms with van der Waals surface area (Å²) in [7, 11) is -4.61. The quantitative estimate of drug-likeness (QED) is 0.0252. The van der Waals surface area contributed by atoms with Crippen molar-refractivity contribution in [3.8, 4) is 0 Å². The van der Waals surface area contributed by atoms with E-state index >= 15 is 0 Å². The van der Waals surface area contributed by atoms with Crippen molar-refractivity contribution in [2.75, 3.05) is 26.4 Å². The number of aliphatic hydroxyl groups excluding tert-OH is 2. The van der Waals surface area contributed by atoms with E-state index in [1.54, 1.807) is 0 Å². The molecule has 0 radical (unpaired) electrons. The molecule has 3 atom stereocenters. The Bertz CT molecular complexity index is 863. The van der Waals surface area contributed by atoms with Gasteiger partial charge < -0.3 is 24.6 Å². The standard InChI is InChI=1S/C37H69O10P/c1-3-5-7-9-11-13-14-15-16-17-18-19-21-23-25-27-29-37(41)47-35(33-46-48(42,43)45-31-34(39)30-38)32-44-36(40)28-26-24-22-20-12-10-8-6-4-2/h13-14,16-17,34-35,38-39H,3-12,15,18-33H2,1-2H3,(H,42,43)/b14-13-,17-16-. The Morgan fingerprint density at radius 1 is 0.625 bits per heavy atom. The number of allylic oxidation sites excluding steroid dienone is 4. The third-order valence-electron chi connectivity index (χ3n) is 7.86. The summed E-state index contributed by atoms with van der Waals surface area (Å²) in [6.07, 6.45) is 30.1. The zero-order valence-electron chi connectivity index (χ0n) is 30.2. The summed E-state index contributed by atoms with van der Waals surface area (Å²) >= 11 is 0. The number of aliphatic hydroxyl groups is 2. The van der Waals surface area contributed by atoms with E-state index in [0.717, 1.165) is 57.8 Å². The predicted octanol–water partition coefficient (Wildman–Crippen LogP) is 9.05. The minimum Gasteiger partial charge on any atom is -0.462 e. The molecular weight excluding hydrogens is 635 g/mol. The maximum absolute atomic E-state index is 12.5. The van der Waals surface area contributed by atoms with Crippen molar-refractivity contribution in [2.45, 2.75) is 174 Å². The Labute approximate surface area is 291 Å². The molecule has 10 nitrogen and oxygen atoms in total. The molecule has 0 aromatic carbocycles. The summed E-state index contributed by atoms with van der Waals surface area (Å²) in [6.45, 7) is 2.31. The van der Waals surface area contributed by atoms with E-state index in [2.05, 4.69) is 42.7 Å². The van der Waals surface area contributed by atoms with Crippen molar-refractivity contribution in [1.82, 2.24) is 0 Å². The molecule has 0 fully saturated rings. The molecular formula is C37H69O10P. The number of unbranched alkanes of at least 4 members (excludes halogenated alkanes) is 17. The second kappa shape index (κ2) is 33.9. The van der Waals surface area contributed by atoms with Gasteiger partial charge in [-0.2, -0.15) is 0 Å². The number of phosphoric ester groups is 1. The largest absolute Gasteiger partial charge is 0.472 e. The van der Waals surface area contributed by atoms with E-state index in [-0.39, 0.29) is 19.4 Å². The third kappa shape index (κ3) is 33.0. The van der Waals surface area contributed by atoms with Gasteiger partial charge in [-0.1, -0.05) is 128 Å². The molecule has 3 unspecified atom stereocenters. The number of carbonyl (C=O) groups is 2. The molecule has 0 aromatic rings. The van der Waals surface area contributed by atoms with Gasteiger partial charge in [-0.05, 0) is 44.9 Å². The maximum atomic E-state index is 12.5. The summed E-state index contributed by atoms with van der Waals surface area (Å²) in [5, 5.41) is 18.2. The fourth-order valence-electron chi connectivity index (χ4n) is 4.90. The zero-order chi connectivity index (χ0) is 35.6. The normalized spacial score (nSPS) is 14.4. The molecule has 0 bridgehead atoms. The second-order valence-electron chi connectivity index (χ2n) is 12.6. The molecule has 48 heavy (non-hydrogen) atoms. The molecule has 282 valence electrons. The molecule has 3 N–H and O–H groups in total. The van der Waals surface area contributed by atoms with E-state index in [4.69, 9.17) is 19.1 Å². The molecule has 0 saturated heterocycles. The van der Waals surface area contributed by atoms with Crippen molar-refractivity contribution >= 4 is 19.8 Å². The number of hydrogen-bond donors (Lipinski definition) is 3. The Kier molecular flexibility index (Phi) is 32.8. The van der Waals surface area contributed by atoms with Crippen LogP contribution in [-0.4, -0.2) is 65.7 Å². The molecule has 0 aromatic heterocycles. The number of esters is 2. The van der Waals surface area contributed by atoms with Crippen LogP contribution in [-0.2, 0) is 32.7 Å². The molecule has 0 heterocycles. The maximum Gasteiger partial charge on any atom is 0.472 e. The first-order valence-electron chi connectivity index (χ1n) is 18.8. The number of phosphoric acid groups is 1. The average Bonchev–Trinajstić information content (AvgIpc) is 3.07. The van der Waals surface area contributed by atoms with Crippen LogP contribution in [0.15, 0.2) is 24.3 Å². The lowest BCUT2D eigenvalue weighted by molar-refractivity contribution is -0.161. The van der Waals surface area contributed by atoms with E-state index in [1.807, 2.05) is 0 Å². The van der Waals surface area contributed by atoms with Crippen LogP contribution in [0.4, 0.5) is 0 Å². The van der Waals surface area contributed by atoms with Crippen LogP contribution in [0.1, 0.15) is 162 Å². The van der Waals surface area contributed by atoms with Crippen LogP contribution in [0.5, 0.6) is 0 Å². The van der Waals surface area contributed by atoms with Gasteiger partial charge in [0.05, 0.1) is 19.8 Å². The van der Waals surface area contributed by atoms with Gasteiger partial charge in [-0.25, -0.2) is 4.57 Å². The van der Waals surface area contributed by atoms with E-state index in [0.29, 0.717) is 12.8 Å². The summed E-state index contributed by atoms with van der Waals surface area (Å²) in [6, 6.07) is 0. The SMILES string of the molecule is CCCCCC/C=C\C/C=C\CCCCCCCC(=O)OC(COC(=O)CCCCCCCCCCC)COP(=O)(O)OCC(O)CO. The van der Waals surface area contributed by atoms with Gasteiger partial charge in [-0.3, -0.25) is 18.6 Å². The van der Waals surface area contributed by atoms with Gasteiger partial charge >= 0.3 is 19.8 Å². The first-order valence-corrected chi connectivity index (χ1v) is 20.3. The number of carbonyl (C=O) groups excluding carboxylic acids is 2. The van der Waals surface area contributed by atoms with Crippen LogP contribution >= 0.6 is 7.82 Å². The van der Waals surface area contributed by atoms with Crippen LogP contribution in [0.3, 0.4) is 0 Å². The zero-order valence-corrected chi connectivity index (χ0v) is 31.1. The lowest BCUT2D eigenvalue weighted by atomic mass is 10.1. The number of ether oxygens (including phenoxy) is 2. The summed E-state index contributed by atoms with van der Waals surface area (Å²) in [4.78, 5) is 34.7. The molecule has 11 heteroatoms. The van der Waals surface area contributed by atoms with E-state index in [9.17, 15) is 24.2 Å². The smallest absolute Gasteiger partial charge is 0.462 e. The van der Waals surface area contributed by atoms with Crippen LogP contribution in [0.25, 0.3) is 0 Å². The van der Waals surface area contributed by atoms with Crippen molar-refractivity contribution in [1.29, 1.82) is 0 Å². The lowest BCUT2D eigenvalue weighted by Crippen LogP contribution is -2.29. The van der Waals surface area contributed by atoms with E-state index < -0.39 is 51.8 Å². The minimum atomic E-state index is -4.61. The molecule has 0 spiro atoms. The van der Waals surface area contributed by atoms with Gasteiger partial charge in [0.15, 0.2) is 6.10 Å². The monoisotopic (exact) mass is 704 g/mol. The summed E-state index contributed by atoms with van der Waals surface area (Å²) in [5.41, 5.74) is 0. The first-order chi connectivity index (χ1) is 23.2. The highest BCUT2D eigenvalue weighted by Gasteiger charge is 2.27. The van der Waals surface area contributed by atoms with Crippen LogP contribution in [0.2, 0.25) is 0 Å². The van der Waals surface area contributed by atoms with Gasteiger partial charge in [0, 0.05) is 12.8 Å². The predicted molar refractivity (Wildman–Crippen MR) is 191 cm³/mol. The fraction of sp³-hybridized carbons (Fsp3) is 0.838. The number of rotatable bonds is 35. The molecule has 0 aliphatic heterocycles. The topological polar surface area (TPSA) is 149 Å². The average molecular weight is 705 g/mol. The summed E-state index contributed by atoms with van der Waals surface area (Å²) < 4.78 is 32.5. The highest BCUT2D eigenvalue weighted by atomic mass is 31.2. The van der Waals surface area contributed by atoms with Crippen molar-refractivity contribution in [2.24, 2.45) is 0 Å². The Hall–Kier alpha value is -1.55. The van der Waals surface area contributed by atoms with Crippen LogP contribution < -0.4 is 0 Å². The van der Waals surface area contributed by atoms with Crippen LogP contribution in [0, 0.1) is 0 Å². The number of hydrogen-bond acceptors (Lipinski definition) is 9. The highest BCUT2D eigenvalue weighted by molar-refractivity contribution is 7.47. The van der Waals surface area contributed by atoms with Crippen molar-refractivity contribution in [3.05, 3.63) is 24.3 Å². The molecule has 0 amide bonds. The summed E-state index contributed by atoms with van der Waals surface area (Å²) in [5.74, 6) is -0.943. The van der Waals surface area contributed by atoms with E-state index in [1.165, 1.54) is 64.2 Å². The fourth-order valence-corrected chi connectivity index (χ4v) is 5.69. The van der Waals surface area contributed by atoms with Crippen molar-refractivity contribution in [3.63, 3.8) is 0 Å². The molecule has 0 aliphatic carbocycles. The van der Waals surface area contributed by atoms with Gasteiger partial charge in [0.1, 0.15) is 12.7 Å². The lowest BCUT2D eigenvalue weighted by Gasteiger charge is -2.20. The van der Waals surface area contributed by atoms with Gasteiger partial charge in [-0.15, -0.1) is 0 Å². The van der Waals surface area contributed by atoms with Gasteiger partial charge in [0.25, 0.3) is 0 Å². The van der Waals surface area contributed by atoms with Gasteiger partial charge in [0.2, 0.25) is 0 Å². The Balaban J connectivity index is 4.38. The third-order valence-corrected chi connectivity index (χ3v) is 8.81. The molecule has 0 aliphatic rings. The minimum absolute atomic E-state index is 0.170. The molecule has 0 saturated carbocycles.